The van der Waals surface area contributed by atoms with E-state index >= 15 is 0 Å². The molecule has 0 aliphatic carbocycles. The van der Waals surface area contributed by atoms with Gasteiger partial charge in [-0.3, -0.25) is 0 Å². The van der Waals surface area contributed by atoms with Crippen molar-refractivity contribution in [2.75, 3.05) is 11.5 Å². The summed E-state index contributed by atoms with van der Waals surface area (Å²) in [4.78, 5) is 0. The van der Waals surface area contributed by atoms with Gasteiger partial charge in [-0.05, 0) is 30.4 Å². The molecule has 0 bridgehead atoms. The fourth-order valence-electron chi connectivity index (χ4n) is 2.52. The SMILES string of the molecule is CCSC[C@H]1C[C@](C)(O)C[C@H](c2ccc(F)cc2)O1. The lowest BCUT2D eigenvalue weighted by atomic mass is 9.86. The van der Waals surface area contributed by atoms with Gasteiger partial charge < -0.3 is 9.84 Å². The molecule has 1 aliphatic rings. The minimum Gasteiger partial charge on any atom is -0.390 e. The Morgan fingerprint density at radius 3 is 2.68 bits per heavy atom. The standard InChI is InChI=1S/C15H21FO2S/c1-3-19-10-13-8-15(2,17)9-14(18-13)11-4-6-12(16)7-5-11/h4-7,13-14,17H,3,8-10H2,1-2H3/t13-,14-,15+/m1/s1. The Balaban J connectivity index is 2.09. The second kappa shape index (κ2) is 6.25. The van der Waals surface area contributed by atoms with Crippen LogP contribution < -0.4 is 0 Å². The summed E-state index contributed by atoms with van der Waals surface area (Å²) >= 11 is 1.82. The highest BCUT2D eigenvalue weighted by Gasteiger charge is 2.36. The van der Waals surface area contributed by atoms with E-state index in [1.165, 1.54) is 12.1 Å². The highest BCUT2D eigenvalue weighted by molar-refractivity contribution is 7.99. The molecule has 4 heteroatoms. The van der Waals surface area contributed by atoms with Gasteiger partial charge in [-0.2, -0.15) is 11.8 Å². The fourth-order valence-corrected chi connectivity index (χ4v) is 3.22. The van der Waals surface area contributed by atoms with Crippen LogP contribution in [0.3, 0.4) is 0 Å². The van der Waals surface area contributed by atoms with E-state index in [9.17, 15) is 9.50 Å². The predicted molar refractivity (Wildman–Crippen MR) is 76.9 cm³/mol. The third-order valence-corrected chi connectivity index (χ3v) is 4.41. The molecule has 1 aromatic rings. The maximum Gasteiger partial charge on any atom is 0.123 e. The van der Waals surface area contributed by atoms with Gasteiger partial charge in [0.2, 0.25) is 0 Å². The molecule has 1 heterocycles. The van der Waals surface area contributed by atoms with Gasteiger partial charge in [0.1, 0.15) is 5.82 Å². The Morgan fingerprint density at radius 2 is 2.05 bits per heavy atom. The van der Waals surface area contributed by atoms with Crippen LogP contribution in [0.2, 0.25) is 0 Å². The topological polar surface area (TPSA) is 29.5 Å². The minimum atomic E-state index is -0.712. The fraction of sp³-hybridized carbons (Fsp3) is 0.600. The normalized spacial score (nSPS) is 31.4. The van der Waals surface area contributed by atoms with Crippen molar-refractivity contribution in [2.24, 2.45) is 0 Å². The van der Waals surface area contributed by atoms with Gasteiger partial charge in [-0.25, -0.2) is 4.39 Å². The largest absolute Gasteiger partial charge is 0.390 e. The van der Waals surface area contributed by atoms with Crippen LogP contribution in [0, 0.1) is 5.82 Å². The molecule has 19 heavy (non-hydrogen) atoms. The van der Waals surface area contributed by atoms with Crippen LogP contribution in [0.1, 0.15) is 38.4 Å². The Morgan fingerprint density at radius 1 is 1.37 bits per heavy atom. The molecule has 0 aromatic heterocycles. The summed E-state index contributed by atoms with van der Waals surface area (Å²) < 4.78 is 19.0. The molecule has 0 saturated carbocycles. The molecule has 106 valence electrons. The molecule has 0 radical (unpaired) electrons. The van der Waals surface area contributed by atoms with Gasteiger partial charge in [0.05, 0.1) is 17.8 Å². The zero-order chi connectivity index (χ0) is 13.9. The van der Waals surface area contributed by atoms with E-state index in [0.717, 1.165) is 17.1 Å². The summed E-state index contributed by atoms with van der Waals surface area (Å²) in [5.41, 5.74) is 0.226. The van der Waals surface area contributed by atoms with E-state index in [4.69, 9.17) is 4.74 Å². The molecular formula is C15H21FO2S. The summed E-state index contributed by atoms with van der Waals surface area (Å²) in [5.74, 6) is 1.69. The second-order valence-electron chi connectivity index (χ2n) is 5.36. The van der Waals surface area contributed by atoms with Gasteiger partial charge in [0.25, 0.3) is 0 Å². The first-order valence-electron chi connectivity index (χ1n) is 6.71. The van der Waals surface area contributed by atoms with Crippen molar-refractivity contribution in [3.05, 3.63) is 35.6 Å². The monoisotopic (exact) mass is 284 g/mol. The number of hydrogen-bond donors (Lipinski definition) is 1. The number of ether oxygens (including phenoxy) is 1. The van der Waals surface area contributed by atoms with E-state index in [2.05, 4.69) is 6.92 Å². The molecule has 1 N–H and O–H groups in total. The summed E-state index contributed by atoms with van der Waals surface area (Å²) in [6, 6.07) is 6.37. The van der Waals surface area contributed by atoms with Gasteiger partial charge in [0, 0.05) is 18.6 Å². The first kappa shape index (κ1) is 14.8. The van der Waals surface area contributed by atoms with E-state index in [1.807, 2.05) is 18.7 Å². The van der Waals surface area contributed by atoms with Gasteiger partial charge in [-0.15, -0.1) is 0 Å². The lowest BCUT2D eigenvalue weighted by Gasteiger charge is -2.39. The predicted octanol–water partition coefficient (Wildman–Crippen LogP) is 3.55. The van der Waals surface area contributed by atoms with Crippen LogP contribution >= 0.6 is 11.8 Å². The van der Waals surface area contributed by atoms with Crippen molar-refractivity contribution in [3.63, 3.8) is 0 Å². The number of hydrogen-bond acceptors (Lipinski definition) is 3. The van der Waals surface area contributed by atoms with Crippen LogP contribution in [0.4, 0.5) is 4.39 Å². The van der Waals surface area contributed by atoms with Crippen LogP contribution in [0.5, 0.6) is 0 Å². The highest BCUT2D eigenvalue weighted by Crippen LogP contribution is 2.38. The Hall–Kier alpha value is -0.580. The summed E-state index contributed by atoms with van der Waals surface area (Å²) in [7, 11) is 0. The average Bonchev–Trinajstić information content (AvgIpc) is 2.35. The first-order chi connectivity index (χ1) is 9.00. The van der Waals surface area contributed by atoms with Gasteiger partial charge in [0.15, 0.2) is 0 Å². The van der Waals surface area contributed by atoms with Crippen molar-refractivity contribution in [3.8, 4) is 0 Å². The van der Waals surface area contributed by atoms with Crippen LogP contribution in [-0.2, 0) is 4.74 Å². The first-order valence-corrected chi connectivity index (χ1v) is 7.87. The number of halogens is 1. The smallest absolute Gasteiger partial charge is 0.123 e. The number of thioether (sulfide) groups is 1. The maximum absolute atomic E-state index is 13.0. The third kappa shape index (κ3) is 4.20. The second-order valence-corrected chi connectivity index (χ2v) is 6.68. The summed E-state index contributed by atoms with van der Waals surface area (Å²) in [6.07, 6.45) is 1.14. The molecule has 1 fully saturated rings. The van der Waals surface area contributed by atoms with Crippen molar-refractivity contribution in [1.82, 2.24) is 0 Å². The highest BCUT2D eigenvalue weighted by atomic mass is 32.2. The van der Waals surface area contributed by atoms with Crippen LogP contribution in [-0.4, -0.2) is 28.3 Å². The molecule has 1 saturated heterocycles. The molecular weight excluding hydrogens is 263 g/mol. The van der Waals surface area contributed by atoms with E-state index in [1.54, 1.807) is 12.1 Å². The molecule has 1 aliphatic heterocycles. The number of rotatable bonds is 4. The molecule has 0 amide bonds. The summed E-state index contributed by atoms with van der Waals surface area (Å²) in [6.45, 7) is 3.97. The van der Waals surface area contributed by atoms with Crippen molar-refractivity contribution in [1.29, 1.82) is 0 Å². The molecule has 2 nitrogen and oxygen atoms in total. The molecule has 1 aromatic carbocycles. The Bertz CT molecular complexity index is 405. The van der Waals surface area contributed by atoms with E-state index in [-0.39, 0.29) is 18.0 Å². The van der Waals surface area contributed by atoms with Crippen molar-refractivity contribution in [2.45, 2.75) is 44.5 Å². The Labute approximate surface area is 118 Å². The lowest BCUT2D eigenvalue weighted by molar-refractivity contribution is -0.130. The van der Waals surface area contributed by atoms with Gasteiger partial charge >= 0.3 is 0 Å². The summed E-state index contributed by atoms with van der Waals surface area (Å²) in [5, 5.41) is 10.4. The average molecular weight is 284 g/mol. The zero-order valence-corrected chi connectivity index (χ0v) is 12.3. The maximum atomic E-state index is 13.0. The van der Waals surface area contributed by atoms with Crippen molar-refractivity contribution < 1.29 is 14.2 Å². The number of benzene rings is 1. The zero-order valence-electron chi connectivity index (χ0n) is 11.4. The van der Waals surface area contributed by atoms with Crippen LogP contribution in [0.15, 0.2) is 24.3 Å². The lowest BCUT2D eigenvalue weighted by Crippen LogP contribution is -2.40. The molecule has 0 unspecified atom stereocenters. The molecule has 2 rings (SSSR count). The minimum absolute atomic E-state index is 0.0590. The van der Waals surface area contributed by atoms with Crippen molar-refractivity contribution >= 4 is 11.8 Å². The third-order valence-electron chi connectivity index (χ3n) is 3.40. The Kier molecular flexibility index (Phi) is 4.87. The number of aliphatic hydroxyl groups is 1. The molecule has 0 spiro atoms. The van der Waals surface area contributed by atoms with Crippen LogP contribution in [0.25, 0.3) is 0 Å². The quantitative estimate of drug-likeness (QED) is 0.917. The van der Waals surface area contributed by atoms with E-state index < -0.39 is 5.60 Å². The van der Waals surface area contributed by atoms with Gasteiger partial charge in [-0.1, -0.05) is 19.1 Å². The van der Waals surface area contributed by atoms with E-state index in [0.29, 0.717) is 12.8 Å². The molecule has 3 atom stereocenters.